The lowest BCUT2D eigenvalue weighted by Gasteiger charge is -2.18. The number of nitrogens with zero attached hydrogens (tertiary/aromatic N) is 1. The molecule has 0 aliphatic rings. The van der Waals surface area contributed by atoms with Crippen molar-refractivity contribution in [2.45, 2.75) is 37.1 Å². The summed E-state index contributed by atoms with van der Waals surface area (Å²) in [5.41, 5.74) is 5.64. The van der Waals surface area contributed by atoms with Crippen molar-refractivity contribution >= 4 is 28.2 Å². The van der Waals surface area contributed by atoms with Gasteiger partial charge in [0.05, 0.1) is 11.5 Å². The normalized spacial score (nSPS) is 12.2. The number of nitrogens with two attached hydrogens (primary N) is 1. The molecule has 6 nitrogen and oxygen atoms in total. The number of amides is 1. The first-order chi connectivity index (χ1) is 10.7. The zero-order valence-electron chi connectivity index (χ0n) is 14.4. The number of sulfone groups is 1. The van der Waals surface area contributed by atoms with Crippen molar-refractivity contribution in [2.75, 3.05) is 26.5 Å². The van der Waals surface area contributed by atoms with Gasteiger partial charge in [0.15, 0.2) is 9.84 Å². The van der Waals surface area contributed by atoms with Gasteiger partial charge in [0.1, 0.15) is 5.75 Å². The van der Waals surface area contributed by atoms with Crippen LogP contribution < -0.4 is 10.5 Å². The predicted octanol–water partition coefficient (Wildman–Crippen LogP) is 1.87. The van der Waals surface area contributed by atoms with E-state index in [1.807, 2.05) is 6.92 Å². The third kappa shape index (κ3) is 8.52. The summed E-state index contributed by atoms with van der Waals surface area (Å²) in [6.07, 6.45) is 2.96. The average molecular weight is 379 g/mol. The topological polar surface area (TPSA) is 89.7 Å². The Balaban J connectivity index is 0.00000529. The number of ether oxygens (including phenoxy) is 1. The lowest BCUT2D eigenvalue weighted by Crippen LogP contribution is -2.30. The maximum Gasteiger partial charge on any atom is 0.222 e. The Hall–Kier alpha value is -1.31. The molecule has 0 aliphatic heterocycles. The van der Waals surface area contributed by atoms with Gasteiger partial charge in [0, 0.05) is 32.3 Å². The quantitative estimate of drug-likeness (QED) is 0.662. The predicted molar refractivity (Wildman–Crippen MR) is 97.4 cm³/mol. The Morgan fingerprint density at radius 2 is 2.04 bits per heavy atom. The fourth-order valence-electron chi connectivity index (χ4n) is 1.95. The minimum absolute atomic E-state index is 0. The molecule has 0 saturated carbocycles. The highest BCUT2D eigenvalue weighted by molar-refractivity contribution is 7.90. The summed E-state index contributed by atoms with van der Waals surface area (Å²) in [5, 5.41) is 0. The van der Waals surface area contributed by atoms with Gasteiger partial charge in [-0.15, -0.1) is 12.4 Å². The van der Waals surface area contributed by atoms with Gasteiger partial charge >= 0.3 is 0 Å². The molecular weight excluding hydrogens is 352 g/mol. The lowest BCUT2D eigenvalue weighted by atomic mass is 10.2. The first-order valence-corrected chi connectivity index (χ1v) is 9.51. The third-order valence-electron chi connectivity index (χ3n) is 3.38. The van der Waals surface area contributed by atoms with Crippen molar-refractivity contribution in [3.8, 4) is 5.75 Å². The van der Waals surface area contributed by atoms with E-state index in [-0.39, 0.29) is 29.3 Å². The van der Waals surface area contributed by atoms with Crippen LogP contribution in [0.5, 0.6) is 5.75 Å². The summed E-state index contributed by atoms with van der Waals surface area (Å²) in [7, 11) is -1.48. The molecule has 138 valence electrons. The van der Waals surface area contributed by atoms with E-state index in [0.29, 0.717) is 38.2 Å². The van der Waals surface area contributed by atoms with E-state index in [0.717, 1.165) is 6.26 Å². The first kappa shape index (κ1) is 22.7. The second-order valence-corrected chi connectivity index (χ2v) is 7.80. The fourth-order valence-corrected chi connectivity index (χ4v) is 2.61. The lowest BCUT2D eigenvalue weighted by molar-refractivity contribution is -0.130. The van der Waals surface area contributed by atoms with Crippen LogP contribution in [0, 0.1) is 0 Å². The van der Waals surface area contributed by atoms with Gasteiger partial charge in [-0.2, -0.15) is 0 Å². The molecule has 0 fully saturated rings. The fraction of sp³-hybridized carbons (Fsp3) is 0.562. The smallest absolute Gasteiger partial charge is 0.222 e. The number of carbonyl (C=O) groups is 1. The average Bonchev–Trinajstić information content (AvgIpc) is 2.48. The van der Waals surface area contributed by atoms with Crippen LogP contribution >= 0.6 is 12.4 Å². The molecule has 0 aliphatic carbocycles. The minimum Gasteiger partial charge on any atom is -0.493 e. The first-order valence-electron chi connectivity index (χ1n) is 7.62. The molecule has 1 atom stereocenters. The van der Waals surface area contributed by atoms with E-state index in [1.54, 1.807) is 24.1 Å². The van der Waals surface area contributed by atoms with Gasteiger partial charge in [-0.3, -0.25) is 4.79 Å². The van der Waals surface area contributed by atoms with Crippen LogP contribution in [0.3, 0.4) is 0 Å². The van der Waals surface area contributed by atoms with Crippen LogP contribution in [0.2, 0.25) is 0 Å². The zero-order valence-corrected chi connectivity index (χ0v) is 16.0. The molecule has 0 saturated heterocycles. The van der Waals surface area contributed by atoms with Crippen LogP contribution in [0.4, 0.5) is 0 Å². The van der Waals surface area contributed by atoms with Gasteiger partial charge < -0.3 is 15.4 Å². The summed E-state index contributed by atoms with van der Waals surface area (Å²) in [4.78, 5) is 13.7. The van der Waals surface area contributed by atoms with E-state index in [2.05, 4.69) is 0 Å². The van der Waals surface area contributed by atoms with E-state index in [4.69, 9.17) is 10.5 Å². The van der Waals surface area contributed by atoms with Crippen molar-refractivity contribution < 1.29 is 17.9 Å². The molecule has 24 heavy (non-hydrogen) atoms. The standard InChI is InChI=1S/C16H26N2O4S.ClH/c1-13(17)8-9-16(19)18(2)10-5-11-22-14-6-4-7-15(12-14)23(3,20)21;/h4,6-7,12-13H,5,8-11,17H2,1-3H3;1H. The molecule has 0 radical (unpaired) electrons. The Labute approximate surface area is 150 Å². The monoisotopic (exact) mass is 378 g/mol. The molecule has 8 heteroatoms. The van der Waals surface area contributed by atoms with Crippen LogP contribution in [0.1, 0.15) is 26.2 Å². The largest absolute Gasteiger partial charge is 0.493 e. The highest BCUT2D eigenvalue weighted by Crippen LogP contribution is 2.17. The number of benzene rings is 1. The van der Waals surface area contributed by atoms with Crippen molar-refractivity contribution in [1.82, 2.24) is 4.90 Å². The van der Waals surface area contributed by atoms with E-state index >= 15 is 0 Å². The highest BCUT2D eigenvalue weighted by atomic mass is 35.5. The van der Waals surface area contributed by atoms with E-state index in [1.165, 1.54) is 12.1 Å². The van der Waals surface area contributed by atoms with Gasteiger partial charge in [-0.05, 0) is 38.0 Å². The maximum absolute atomic E-state index is 11.8. The Morgan fingerprint density at radius 1 is 1.38 bits per heavy atom. The molecule has 0 aromatic heterocycles. The molecule has 2 N–H and O–H groups in total. The number of carbonyl (C=O) groups excluding carboxylic acids is 1. The Kier molecular flexibility index (Phi) is 9.96. The molecule has 1 amide bonds. The molecule has 0 heterocycles. The summed E-state index contributed by atoms with van der Waals surface area (Å²) >= 11 is 0. The van der Waals surface area contributed by atoms with E-state index < -0.39 is 9.84 Å². The zero-order chi connectivity index (χ0) is 17.5. The van der Waals surface area contributed by atoms with Gasteiger partial charge in [-0.1, -0.05) is 6.07 Å². The van der Waals surface area contributed by atoms with Gasteiger partial charge in [0.25, 0.3) is 0 Å². The van der Waals surface area contributed by atoms with Crippen LogP contribution in [0.15, 0.2) is 29.2 Å². The third-order valence-corrected chi connectivity index (χ3v) is 4.49. The molecule has 1 aromatic carbocycles. The van der Waals surface area contributed by atoms with Crippen LogP contribution in [-0.4, -0.2) is 51.7 Å². The molecular formula is C16H27ClN2O4S. The Bertz CT molecular complexity index is 620. The number of hydrogen-bond acceptors (Lipinski definition) is 5. The highest BCUT2D eigenvalue weighted by Gasteiger charge is 2.10. The summed E-state index contributed by atoms with van der Waals surface area (Å²) in [6.45, 7) is 2.88. The van der Waals surface area contributed by atoms with Crippen LogP contribution in [-0.2, 0) is 14.6 Å². The summed E-state index contributed by atoms with van der Waals surface area (Å²) in [6, 6.07) is 6.43. The summed E-state index contributed by atoms with van der Waals surface area (Å²) < 4.78 is 28.5. The molecule has 0 bridgehead atoms. The Morgan fingerprint density at radius 3 is 2.62 bits per heavy atom. The van der Waals surface area contributed by atoms with E-state index in [9.17, 15) is 13.2 Å². The number of halogens is 1. The molecule has 0 spiro atoms. The second kappa shape index (κ2) is 10.5. The van der Waals surface area contributed by atoms with Crippen molar-refractivity contribution in [1.29, 1.82) is 0 Å². The number of hydrogen-bond donors (Lipinski definition) is 1. The maximum atomic E-state index is 11.8. The minimum atomic E-state index is -3.24. The molecule has 1 rings (SSSR count). The van der Waals surface area contributed by atoms with Crippen molar-refractivity contribution in [2.24, 2.45) is 5.73 Å². The molecule has 1 aromatic rings. The van der Waals surface area contributed by atoms with Gasteiger partial charge in [-0.25, -0.2) is 8.42 Å². The van der Waals surface area contributed by atoms with Crippen molar-refractivity contribution in [3.05, 3.63) is 24.3 Å². The number of rotatable bonds is 9. The van der Waals surface area contributed by atoms with Crippen LogP contribution in [0.25, 0.3) is 0 Å². The summed E-state index contributed by atoms with van der Waals surface area (Å²) in [5.74, 6) is 0.584. The van der Waals surface area contributed by atoms with Gasteiger partial charge in [0.2, 0.25) is 5.91 Å². The molecule has 1 unspecified atom stereocenters. The second-order valence-electron chi connectivity index (χ2n) is 5.78. The van der Waals surface area contributed by atoms with Crippen molar-refractivity contribution in [3.63, 3.8) is 0 Å². The SMILES string of the molecule is CC(N)CCC(=O)N(C)CCCOc1cccc(S(C)(=O)=O)c1.Cl.